The third-order valence-corrected chi connectivity index (χ3v) is 2.31. The molecule has 0 saturated heterocycles. The first kappa shape index (κ1) is 10.8. The highest BCUT2D eigenvalue weighted by molar-refractivity contribution is 5.31. The molecule has 1 aromatic carbocycles. The molecule has 0 aliphatic heterocycles. The van der Waals surface area contributed by atoms with Crippen molar-refractivity contribution in [3.8, 4) is 12.3 Å². The molecule has 14 heavy (non-hydrogen) atoms. The predicted molar refractivity (Wildman–Crippen MR) is 59.1 cm³/mol. The van der Waals surface area contributed by atoms with E-state index in [0.29, 0.717) is 12.8 Å². The lowest BCUT2D eigenvalue weighted by Crippen LogP contribution is -2.10. The standard InChI is InChI=1S/C13H16O/c1-4-5-13(14)9-12-8-10(2)6-7-11(12)3/h1,6-8,13-14H,5,9H2,2-3H3. The monoisotopic (exact) mass is 188 g/mol. The number of hydrogen-bond donors (Lipinski definition) is 1. The van der Waals surface area contributed by atoms with Crippen molar-refractivity contribution < 1.29 is 5.11 Å². The molecule has 1 atom stereocenters. The zero-order valence-electron chi connectivity index (χ0n) is 8.75. The summed E-state index contributed by atoms with van der Waals surface area (Å²) in [6.07, 6.45) is 5.80. The Morgan fingerprint density at radius 2 is 2.14 bits per heavy atom. The first-order valence-corrected chi connectivity index (χ1v) is 4.81. The topological polar surface area (TPSA) is 20.2 Å². The number of aryl methyl sites for hydroxylation is 2. The van der Waals surface area contributed by atoms with E-state index in [9.17, 15) is 5.11 Å². The van der Waals surface area contributed by atoms with Crippen LogP contribution in [0.5, 0.6) is 0 Å². The van der Waals surface area contributed by atoms with Gasteiger partial charge in [0.25, 0.3) is 0 Å². The van der Waals surface area contributed by atoms with Gasteiger partial charge < -0.3 is 5.11 Å². The van der Waals surface area contributed by atoms with Crippen molar-refractivity contribution in [2.24, 2.45) is 0 Å². The number of terminal acetylenes is 1. The third kappa shape index (κ3) is 2.90. The fourth-order valence-corrected chi connectivity index (χ4v) is 1.48. The van der Waals surface area contributed by atoms with Crippen molar-refractivity contribution in [1.82, 2.24) is 0 Å². The van der Waals surface area contributed by atoms with Crippen molar-refractivity contribution in [3.05, 3.63) is 34.9 Å². The maximum absolute atomic E-state index is 9.58. The van der Waals surface area contributed by atoms with E-state index in [-0.39, 0.29) is 0 Å². The smallest absolute Gasteiger partial charge is 0.0689 e. The first-order chi connectivity index (χ1) is 6.63. The van der Waals surface area contributed by atoms with Crippen LogP contribution in [0.25, 0.3) is 0 Å². The zero-order chi connectivity index (χ0) is 10.6. The zero-order valence-corrected chi connectivity index (χ0v) is 8.75. The summed E-state index contributed by atoms with van der Waals surface area (Å²) in [5, 5.41) is 9.58. The van der Waals surface area contributed by atoms with E-state index in [4.69, 9.17) is 6.42 Å². The van der Waals surface area contributed by atoms with Gasteiger partial charge in [-0.25, -0.2) is 0 Å². The molecule has 0 aliphatic carbocycles. The van der Waals surface area contributed by atoms with Crippen LogP contribution >= 0.6 is 0 Å². The van der Waals surface area contributed by atoms with Crippen LogP contribution in [0.1, 0.15) is 23.1 Å². The number of rotatable bonds is 3. The van der Waals surface area contributed by atoms with E-state index < -0.39 is 6.10 Å². The summed E-state index contributed by atoms with van der Waals surface area (Å²) in [5.41, 5.74) is 3.62. The van der Waals surface area contributed by atoms with Gasteiger partial charge in [0.1, 0.15) is 0 Å². The van der Waals surface area contributed by atoms with Crippen LogP contribution in [-0.2, 0) is 6.42 Å². The summed E-state index contributed by atoms with van der Waals surface area (Å²) in [5.74, 6) is 2.47. The third-order valence-electron chi connectivity index (χ3n) is 2.31. The Morgan fingerprint density at radius 3 is 2.79 bits per heavy atom. The van der Waals surface area contributed by atoms with Crippen LogP contribution in [0, 0.1) is 26.2 Å². The van der Waals surface area contributed by atoms with E-state index in [1.54, 1.807) is 0 Å². The lowest BCUT2D eigenvalue weighted by Gasteiger charge is -2.10. The van der Waals surface area contributed by atoms with Crippen LogP contribution < -0.4 is 0 Å². The molecule has 1 rings (SSSR count). The van der Waals surface area contributed by atoms with Gasteiger partial charge in [-0.05, 0) is 31.4 Å². The Labute approximate surface area is 85.8 Å². The van der Waals surface area contributed by atoms with E-state index in [1.807, 2.05) is 0 Å². The van der Waals surface area contributed by atoms with Crippen LogP contribution in [0.2, 0.25) is 0 Å². The molecule has 0 spiro atoms. The Bertz CT molecular complexity index is 347. The lowest BCUT2D eigenvalue weighted by atomic mass is 9.99. The molecule has 74 valence electrons. The SMILES string of the molecule is C#CCC(O)Cc1cc(C)ccc1C. The molecule has 0 bridgehead atoms. The van der Waals surface area contributed by atoms with Crippen LogP contribution in [0.4, 0.5) is 0 Å². The predicted octanol–water partition coefficient (Wildman–Crippen LogP) is 2.23. The van der Waals surface area contributed by atoms with Gasteiger partial charge in [-0.2, -0.15) is 0 Å². The van der Waals surface area contributed by atoms with Gasteiger partial charge in [-0.1, -0.05) is 23.8 Å². The highest BCUT2D eigenvalue weighted by Crippen LogP contribution is 2.13. The Hall–Kier alpha value is -1.26. The quantitative estimate of drug-likeness (QED) is 0.721. The van der Waals surface area contributed by atoms with Gasteiger partial charge >= 0.3 is 0 Å². The highest BCUT2D eigenvalue weighted by atomic mass is 16.3. The number of aliphatic hydroxyl groups is 1. The molecule has 0 aromatic heterocycles. The second-order valence-electron chi connectivity index (χ2n) is 3.70. The molecule has 0 fully saturated rings. The summed E-state index contributed by atoms with van der Waals surface area (Å²) in [6, 6.07) is 6.26. The second kappa shape index (κ2) is 4.83. The molecule has 1 N–H and O–H groups in total. The summed E-state index contributed by atoms with van der Waals surface area (Å²) in [7, 11) is 0. The first-order valence-electron chi connectivity index (χ1n) is 4.81. The van der Waals surface area contributed by atoms with E-state index >= 15 is 0 Å². The molecular weight excluding hydrogens is 172 g/mol. The minimum atomic E-state index is -0.416. The van der Waals surface area contributed by atoms with E-state index in [1.165, 1.54) is 16.7 Å². The minimum Gasteiger partial charge on any atom is -0.392 e. The average Bonchev–Trinajstić information content (AvgIpc) is 2.12. The lowest BCUT2D eigenvalue weighted by molar-refractivity contribution is 0.180. The summed E-state index contributed by atoms with van der Waals surface area (Å²) >= 11 is 0. The van der Waals surface area contributed by atoms with Crippen LogP contribution in [0.15, 0.2) is 18.2 Å². The molecular formula is C13H16O. The maximum Gasteiger partial charge on any atom is 0.0689 e. The molecule has 1 heteroatoms. The van der Waals surface area contributed by atoms with Crippen molar-refractivity contribution in [2.45, 2.75) is 32.8 Å². The van der Waals surface area contributed by atoms with Gasteiger partial charge in [-0.15, -0.1) is 12.3 Å². The van der Waals surface area contributed by atoms with Crippen molar-refractivity contribution in [3.63, 3.8) is 0 Å². The van der Waals surface area contributed by atoms with Crippen molar-refractivity contribution in [1.29, 1.82) is 0 Å². The molecule has 0 aliphatic rings. The molecule has 1 unspecified atom stereocenters. The second-order valence-corrected chi connectivity index (χ2v) is 3.70. The summed E-state index contributed by atoms with van der Waals surface area (Å²) in [4.78, 5) is 0. The molecule has 1 aromatic rings. The normalized spacial score (nSPS) is 12.1. The largest absolute Gasteiger partial charge is 0.392 e. The van der Waals surface area contributed by atoms with Crippen molar-refractivity contribution >= 4 is 0 Å². The van der Waals surface area contributed by atoms with Crippen molar-refractivity contribution in [2.75, 3.05) is 0 Å². The highest BCUT2D eigenvalue weighted by Gasteiger charge is 2.06. The molecule has 0 heterocycles. The number of hydrogen-bond acceptors (Lipinski definition) is 1. The average molecular weight is 188 g/mol. The Balaban J connectivity index is 2.76. The van der Waals surface area contributed by atoms with Crippen LogP contribution in [0.3, 0.4) is 0 Å². The molecule has 0 radical (unpaired) electrons. The van der Waals surface area contributed by atoms with E-state index in [2.05, 4.69) is 38.0 Å². The van der Waals surface area contributed by atoms with Gasteiger partial charge in [0.05, 0.1) is 6.10 Å². The van der Waals surface area contributed by atoms with Crippen LogP contribution in [-0.4, -0.2) is 11.2 Å². The molecule has 0 amide bonds. The fraction of sp³-hybridized carbons (Fsp3) is 0.385. The van der Waals surface area contributed by atoms with E-state index in [0.717, 1.165) is 0 Å². The minimum absolute atomic E-state index is 0.416. The Morgan fingerprint density at radius 1 is 1.43 bits per heavy atom. The van der Waals surface area contributed by atoms with Gasteiger partial charge in [0, 0.05) is 6.42 Å². The van der Waals surface area contributed by atoms with Gasteiger partial charge in [0.15, 0.2) is 0 Å². The summed E-state index contributed by atoms with van der Waals surface area (Å²) < 4.78 is 0. The van der Waals surface area contributed by atoms with Gasteiger partial charge in [0.2, 0.25) is 0 Å². The summed E-state index contributed by atoms with van der Waals surface area (Å²) in [6.45, 7) is 4.11. The molecule has 0 saturated carbocycles. The Kier molecular flexibility index (Phi) is 3.73. The number of benzene rings is 1. The number of aliphatic hydroxyl groups excluding tert-OH is 1. The fourth-order valence-electron chi connectivity index (χ4n) is 1.48. The van der Waals surface area contributed by atoms with Gasteiger partial charge in [-0.3, -0.25) is 0 Å². The maximum atomic E-state index is 9.58. The molecule has 1 nitrogen and oxygen atoms in total.